The van der Waals surface area contributed by atoms with Gasteiger partial charge in [-0.05, 0) is 162 Å². The lowest BCUT2D eigenvalue weighted by Gasteiger charge is -2.34. The van der Waals surface area contributed by atoms with Crippen molar-refractivity contribution in [1.82, 2.24) is 0 Å². The number of benzene rings is 11. The summed E-state index contributed by atoms with van der Waals surface area (Å²) in [6.07, 6.45) is 3.53. The highest BCUT2D eigenvalue weighted by atomic mass is 16.3. The monoisotopic (exact) mass is 957 g/mol. The van der Waals surface area contributed by atoms with Gasteiger partial charge >= 0.3 is 0 Å². The van der Waals surface area contributed by atoms with E-state index in [0.717, 1.165) is 61.3 Å². The maximum Gasteiger partial charge on any atom is 0.134 e. The van der Waals surface area contributed by atoms with Crippen LogP contribution in [0.3, 0.4) is 0 Å². The molecule has 0 atom stereocenters. The minimum absolute atomic E-state index is 0.510. The molecule has 352 valence electrons. The molecule has 0 bridgehead atoms. The number of hydrogen-bond donors (Lipinski definition) is 0. The van der Waals surface area contributed by atoms with Gasteiger partial charge in [0.05, 0.1) is 23.4 Å². The standard InChI is InChI=1S/C72H47NO2/c1-5-15-54(16-6-1)71(55-17-7-2-8-18-55)65-24-14-13-23-61(65)63-46-59(33-36-67(63)71)73(58-31-27-48(28-32-58)50-30-38-69-53(43-50)40-42-74-69)60-34-37-68-64(47-60)62-44-51(52-26-25-49-39-41-75-70(49)45-52)29-35-66(62)72(68,56-19-9-3-10-20-56)57-21-11-4-12-22-57/h1-47H. The molecular weight excluding hydrogens is 911 g/mol. The zero-order valence-electron chi connectivity index (χ0n) is 40.9. The van der Waals surface area contributed by atoms with Crippen molar-refractivity contribution < 1.29 is 8.83 Å². The van der Waals surface area contributed by atoms with Crippen LogP contribution in [0.5, 0.6) is 0 Å². The van der Waals surface area contributed by atoms with Gasteiger partial charge in [-0.2, -0.15) is 0 Å². The molecule has 2 aliphatic carbocycles. The number of hydrogen-bond acceptors (Lipinski definition) is 3. The molecule has 0 radical (unpaired) electrons. The molecule has 0 spiro atoms. The van der Waals surface area contributed by atoms with E-state index < -0.39 is 10.8 Å². The summed E-state index contributed by atoms with van der Waals surface area (Å²) < 4.78 is 11.7. The van der Waals surface area contributed by atoms with E-state index in [1.807, 2.05) is 12.1 Å². The molecule has 2 aliphatic rings. The van der Waals surface area contributed by atoms with Gasteiger partial charge in [0.15, 0.2) is 0 Å². The van der Waals surface area contributed by atoms with Crippen LogP contribution in [0.25, 0.3) is 66.4 Å². The summed E-state index contributed by atoms with van der Waals surface area (Å²) in [4.78, 5) is 2.46. The molecular formula is C72H47NO2. The van der Waals surface area contributed by atoms with Crippen LogP contribution in [-0.4, -0.2) is 0 Å². The van der Waals surface area contributed by atoms with Crippen molar-refractivity contribution in [3.63, 3.8) is 0 Å². The van der Waals surface area contributed by atoms with E-state index in [4.69, 9.17) is 8.83 Å². The Kier molecular flexibility index (Phi) is 9.70. The molecule has 0 fully saturated rings. The molecule has 0 N–H and O–H groups in total. The predicted molar refractivity (Wildman–Crippen MR) is 306 cm³/mol. The summed E-state index contributed by atoms with van der Waals surface area (Å²) in [5.41, 5.74) is 23.3. The summed E-state index contributed by atoms with van der Waals surface area (Å²) >= 11 is 0. The molecule has 0 saturated heterocycles. The molecule has 0 saturated carbocycles. The first-order valence-corrected chi connectivity index (χ1v) is 25.8. The van der Waals surface area contributed by atoms with Crippen LogP contribution >= 0.6 is 0 Å². The number of furan rings is 2. The average molecular weight is 958 g/mol. The van der Waals surface area contributed by atoms with Gasteiger partial charge in [0, 0.05) is 27.8 Å². The predicted octanol–water partition coefficient (Wildman–Crippen LogP) is 18.7. The largest absolute Gasteiger partial charge is 0.464 e. The Balaban J connectivity index is 0.968. The normalized spacial score (nSPS) is 13.5. The molecule has 11 aromatic carbocycles. The van der Waals surface area contributed by atoms with Gasteiger partial charge in [0.25, 0.3) is 0 Å². The topological polar surface area (TPSA) is 29.5 Å². The summed E-state index contributed by atoms with van der Waals surface area (Å²) in [5.74, 6) is 0. The lowest BCUT2D eigenvalue weighted by Crippen LogP contribution is -2.28. The Morgan fingerprint density at radius 2 is 0.667 bits per heavy atom. The summed E-state index contributed by atoms with van der Waals surface area (Å²) in [5, 5.41) is 2.18. The molecule has 0 amide bonds. The third-order valence-corrected chi connectivity index (χ3v) is 16.2. The molecule has 13 aromatic rings. The van der Waals surface area contributed by atoms with E-state index in [2.05, 4.69) is 266 Å². The zero-order chi connectivity index (χ0) is 49.5. The Bertz CT molecular complexity index is 4210. The Hall–Kier alpha value is -9.70. The third kappa shape index (κ3) is 6.48. The lowest BCUT2D eigenvalue weighted by atomic mass is 9.67. The van der Waals surface area contributed by atoms with Crippen LogP contribution in [0.1, 0.15) is 44.5 Å². The molecule has 2 heterocycles. The molecule has 2 aromatic heterocycles. The molecule has 0 aliphatic heterocycles. The van der Waals surface area contributed by atoms with Gasteiger partial charge in [-0.3, -0.25) is 0 Å². The van der Waals surface area contributed by atoms with E-state index in [0.29, 0.717) is 0 Å². The molecule has 3 nitrogen and oxygen atoms in total. The van der Waals surface area contributed by atoms with Crippen LogP contribution in [-0.2, 0) is 10.8 Å². The van der Waals surface area contributed by atoms with E-state index in [-0.39, 0.29) is 0 Å². The SMILES string of the molecule is c1ccc(C2(c3ccccc3)c3ccccc3-c3cc(N(c4ccc(-c5ccc6occc6c5)cc4)c4ccc5c(c4)-c4cc(-c6ccc7ccoc7c6)ccc4C5(c4ccccc4)c4ccccc4)ccc32)cc1. The van der Waals surface area contributed by atoms with E-state index in [1.54, 1.807) is 12.5 Å². The maximum atomic E-state index is 5.94. The quantitative estimate of drug-likeness (QED) is 0.144. The molecule has 0 unspecified atom stereocenters. The fourth-order valence-electron chi connectivity index (χ4n) is 12.9. The minimum Gasteiger partial charge on any atom is -0.464 e. The Morgan fingerprint density at radius 3 is 1.27 bits per heavy atom. The van der Waals surface area contributed by atoms with Gasteiger partial charge in [-0.1, -0.05) is 200 Å². The molecule has 3 heteroatoms. The number of anilines is 3. The van der Waals surface area contributed by atoms with Crippen molar-refractivity contribution >= 4 is 39.0 Å². The summed E-state index contributed by atoms with van der Waals surface area (Å²) in [6, 6.07) is 101. The highest BCUT2D eigenvalue weighted by Crippen LogP contribution is 2.60. The molecule has 15 rings (SSSR count). The van der Waals surface area contributed by atoms with Crippen LogP contribution in [0.15, 0.2) is 294 Å². The van der Waals surface area contributed by atoms with Crippen LogP contribution < -0.4 is 4.90 Å². The maximum absolute atomic E-state index is 5.94. The fraction of sp³-hybridized carbons (Fsp3) is 0.0278. The van der Waals surface area contributed by atoms with Gasteiger partial charge in [0.1, 0.15) is 11.2 Å². The van der Waals surface area contributed by atoms with Crippen LogP contribution in [0.2, 0.25) is 0 Å². The van der Waals surface area contributed by atoms with Crippen LogP contribution in [0.4, 0.5) is 17.1 Å². The Labute approximate surface area is 435 Å². The second-order valence-electron chi connectivity index (χ2n) is 20.0. The van der Waals surface area contributed by atoms with Crippen molar-refractivity contribution in [1.29, 1.82) is 0 Å². The number of rotatable bonds is 9. The smallest absolute Gasteiger partial charge is 0.134 e. The lowest BCUT2D eigenvalue weighted by molar-refractivity contribution is 0.615. The van der Waals surface area contributed by atoms with Crippen molar-refractivity contribution in [2.75, 3.05) is 4.90 Å². The number of fused-ring (bicyclic) bond motifs is 8. The van der Waals surface area contributed by atoms with Gasteiger partial charge in [0.2, 0.25) is 0 Å². The minimum atomic E-state index is -0.576. The van der Waals surface area contributed by atoms with Crippen molar-refractivity contribution in [2.24, 2.45) is 0 Å². The first kappa shape index (κ1) is 42.9. The Morgan fingerprint density at radius 1 is 0.253 bits per heavy atom. The first-order valence-electron chi connectivity index (χ1n) is 25.8. The van der Waals surface area contributed by atoms with Crippen molar-refractivity contribution in [2.45, 2.75) is 10.8 Å². The fourth-order valence-corrected chi connectivity index (χ4v) is 12.9. The average Bonchev–Trinajstić information content (AvgIpc) is 4.31. The van der Waals surface area contributed by atoms with E-state index in [1.165, 1.54) is 66.8 Å². The van der Waals surface area contributed by atoms with Gasteiger partial charge in [-0.15, -0.1) is 0 Å². The highest BCUT2D eigenvalue weighted by molar-refractivity contribution is 5.95. The van der Waals surface area contributed by atoms with Crippen molar-refractivity contribution in [3.8, 4) is 44.5 Å². The van der Waals surface area contributed by atoms with E-state index in [9.17, 15) is 0 Å². The van der Waals surface area contributed by atoms with Gasteiger partial charge < -0.3 is 13.7 Å². The van der Waals surface area contributed by atoms with Crippen LogP contribution in [0, 0.1) is 0 Å². The second-order valence-corrected chi connectivity index (χ2v) is 20.0. The molecule has 75 heavy (non-hydrogen) atoms. The summed E-state index contributed by atoms with van der Waals surface area (Å²) in [7, 11) is 0. The number of nitrogens with zero attached hydrogens (tertiary/aromatic N) is 1. The third-order valence-electron chi connectivity index (χ3n) is 16.2. The second kappa shape index (κ2) is 16.9. The summed E-state index contributed by atoms with van der Waals surface area (Å²) in [6.45, 7) is 0. The van der Waals surface area contributed by atoms with Gasteiger partial charge in [-0.25, -0.2) is 0 Å². The zero-order valence-corrected chi connectivity index (χ0v) is 40.9. The first-order chi connectivity index (χ1) is 37.2. The van der Waals surface area contributed by atoms with Crippen molar-refractivity contribution in [3.05, 3.63) is 330 Å². The van der Waals surface area contributed by atoms with E-state index >= 15 is 0 Å². The highest BCUT2D eigenvalue weighted by Gasteiger charge is 2.48.